The van der Waals surface area contributed by atoms with Crippen molar-refractivity contribution in [1.29, 1.82) is 0 Å². The molecule has 0 fully saturated rings. The summed E-state index contributed by atoms with van der Waals surface area (Å²) in [5, 5.41) is 3.06. The fraction of sp³-hybridized carbons (Fsp3) is 0.474. The Morgan fingerprint density at radius 2 is 2.08 bits per heavy atom. The lowest BCUT2D eigenvalue weighted by molar-refractivity contribution is -0.120. The smallest absolute Gasteiger partial charge is 0.230 e. The molecule has 3 N–H and O–H groups in total. The molecule has 0 aliphatic rings. The Bertz CT molecular complexity index is 672. The topological polar surface area (TPSA) is 81.1 Å². The van der Waals surface area contributed by atoms with Crippen LogP contribution in [0.15, 0.2) is 41.0 Å². The molecule has 0 radical (unpaired) electrons. The maximum atomic E-state index is 12.2. The highest BCUT2D eigenvalue weighted by molar-refractivity contribution is 7.99. The molecule has 0 bridgehead atoms. The zero-order chi connectivity index (χ0) is 18.3. The second-order valence-corrected chi connectivity index (χ2v) is 7.90. The molecule has 1 unspecified atom stereocenters. The van der Waals surface area contributed by atoms with E-state index in [1.807, 2.05) is 37.3 Å². The predicted octanol–water partition coefficient (Wildman–Crippen LogP) is 3.45. The molecule has 25 heavy (non-hydrogen) atoms. The number of hydrogen-bond donors (Lipinski definition) is 2. The molecule has 136 valence electrons. The minimum absolute atomic E-state index is 0.00498. The van der Waals surface area contributed by atoms with Crippen molar-refractivity contribution in [1.82, 2.24) is 10.3 Å². The summed E-state index contributed by atoms with van der Waals surface area (Å²) in [6.07, 6.45) is 2.51. The van der Waals surface area contributed by atoms with E-state index in [0.717, 1.165) is 17.7 Å². The zero-order valence-electron chi connectivity index (χ0n) is 15.1. The first-order valence-corrected chi connectivity index (χ1v) is 9.66. The van der Waals surface area contributed by atoms with E-state index >= 15 is 0 Å². The summed E-state index contributed by atoms with van der Waals surface area (Å²) in [5.41, 5.74) is 7.27. The standard InChI is InChI=1S/C19H27N3O2S/c1-14(2)9-19(3,13-20)22-17(23)12-25-11-16-10-24-18(21-16)15-7-5-4-6-8-15/h4-8,10,14H,9,11-13,20H2,1-3H3,(H,22,23). The molecule has 0 aliphatic carbocycles. The molecule has 2 aromatic rings. The molecule has 0 spiro atoms. The monoisotopic (exact) mass is 361 g/mol. The molecule has 1 aromatic heterocycles. The lowest BCUT2D eigenvalue weighted by Gasteiger charge is -2.31. The van der Waals surface area contributed by atoms with Crippen molar-refractivity contribution >= 4 is 17.7 Å². The first kappa shape index (κ1) is 19.5. The van der Waals surface area contributed by atoms with Gasteiger partial charge in [-0.1, -0.05) is 32.0 Å². The van der Waals surface area contributed by atoms with E-state index in [0.29, 0.717) is 29.9 Å². The van der Waals surface area contributed by atoms with E-state index in [2.05, 4.69) is 24.1 Å². The number of oxazole rings is 1. The van der Waals surface area contributed by atoms with Gasteiger partial charge in [0.1, 0.15) is 6.26 Å². The Morgan fingerprint density at radius 1 is 1.36 bits per heavy atom. The number of aromatic nitrogens is 1. The van der Waals surface area contributed by atoms with Crippen molar-refractivity contribution in [3.8, 4) is 11.5 Å². The first-order valence-electron chi connectivity index (χ1n) is 8.50. The van der Waals surface area contributed by atoms with Crippen molar-refractivity contribution in [2.24, 2.45) is 11.7 Å². The number of hydrogen-bond acceptors (Lipinski definition) is 5. The number of thioether (sulfide) groups is 1. The second kappa shape index (κ2) is 9.06. The van der Waals surface area contributed by atoms with E-state index in [1.165, 1.54) is 11.8 Å². The normalized spacial score (nSPS) is 13.6. The van der Waals surface area contributed by atoms with Gasteiger partial charge >= 0.3 is 0 Å². The van der Waals surface area contributed by atoms with Gasteiger partial charge in [-0.3, -0.25) is 4.79 Å². The van der Waals surface area contributed by atoms with E-state index < -0.39 is 0 Å². The van der Waals surface area contributed by atoms with Crippen molar-refractivity contribution in [3.63, 3.8) is 0 Å². The third-order valence-electron chi connectivity index (χ3n) is 3.81. The molecule has 2 rings (SSSR count). The third kappa shape index (κ3) is 6.21. The fourth-order valence-electron chi connectivity index (χ4n) is 2.79. The number of nitrogens with zero attached hydrogens (tertiary/aromatic N) is 1. The average molecular weight is 362 g/mol. The number of amides is 1. The largest absolute Gasteiger partial charge is 0.444 e. The van der Waals surface area contributed by atoms with Gasteiger partial charge in [0.2, 0.25) is 11.8 Å². The number of benzene rings is 1. The SMILES string of the molecule is CC(C)CC(C)(CN)NC(=O)CSCc1coc(-c2ccccc2)n1. The quantitative estimate of drug-likeness (QED) is 0.715. The van der Waals surface area contributed by atoms with Crippen LogP contribution >= 0.6 is 11.8 Å². The van der Waals surface area contributed by atoms with Gasteiger partial charge in [-0.2, -0.15) is 0 Å². The molecule has 1 amide bonds. The van der Waals surface area contributed by atoms with Crippen LogP contribution in [0.5, 0.6) is 0 Å². The van der Waals surface area contributed by atoms with Gasteiger partial charge < -0.3 is 15.5 Å². The molecule has 5 nitrogen and oxygen atoms in total. The van der Waals surface area contributed by atoms with Gasteiger partial charge in [0.25, 0.3) is 0 Å². The number of carbonyl (C=O) groups excluding carboxylic acids is 1. The summed E-state index contributed by atoms with van der Waals surface area (Å²) >= 11 is 1.52. The van der Waals surface area contributed by atoms with Crippen molar-refractivity contribution < 1.29 is 9.21 Å². The minimum atomic E-state index is -0.347. The molecule has 1 heterocycles. The first-order chi connectivity index (χ1) is 11.9. The fourth-order valence-corrected chi connectivity index (χ4v) is 3.50. The number of nitrogens with two attached hydrogens (primary N) is 1. The number of nitrogens with one attached hydrogen (secondary N) is 1. The lowest BCUT2D eigenvalue weighted by Crippen LogP contribution is -2.52. The average Bonchev–Trinajstić information content (AvgIpc) is 3.03. The van der Waals surface area contributed by atoms with Crippen LogP contribution in [0.3, 0.4) is 0 Å². The highest BCUT2D eigenvalue weighted by Crippen LogP contribution is 2.21. The maximum Gasteiger partial charge on any atom is 0.230 e. The molecular weight excluding hydrogens is 334 g/mol. The van der Waals surface area contributed by atoms with Gasteiger partial charge in [-0.05, 0) is 31.4 Å². The summed E-state index contributed by atoms with van der Waals surface area (Å²) in [7, 11) is 0. The lowest BCUT2D eigenvalue weighted by atomic mass is 9.91. The van der Waals surface area contributed by atoms with E-state index in [1.54, 1.807) is 6.26 Å². The van der Waals surface area contributed by atoms with Crippen molar-refractivity contribution in [2.75, 3.05) is 12.3 Å². The van der Waals surface area contributed by atoms with E-state index in [-0.39, 0.29) is 11.4 Å². The molecule has 6 heteroatoms. The molecule has 0 aliphatic heterocycles. The second-order valence-electron chi connectivity index (χ2n) is 6.91. The Hall–Kier alpha value is -1.79. The highest BCUT2D eigenvalue weighted by atomic mass is 32.2. The Kier molecular flexibility index (Phi) is 7.08. The van der Waals surface area contributed by atoms with Gasteiger partial charge in [0, 0.05) is 23.4 Å². The van der Waals surface area contributed by atoms with Gasteiger partial charge in [-0.25, -0.2) is 4.98 Å². The molecule has 0 saturated heterocycles. The Morgan fingerprint density at radius 3 is 2.72 bits per heavy atom. The van der Waals surface area contributed by atoms with Crippen LogP contribution in [-0.4, -0.2) is 28.7 Å². The summed E-state index contributed by atoms with van der Waals surface area (Å²) in [6.45, 7) is 6.69. The number of rotatable bonds is 9. The van der Waals surface area contributed by atoms with Crippen LogP contribution in [0.4, 0.5) is 0 Å². The predicted molar refractivity (Wildman–Crippen MR) is 103 cm³/mol. The minimum Gasteiger partial charge on any atom is -0.444 e. The summed E-state index contributed by atoms with van der Waals surface area (Å²) in [5.74, 6) is 2.10. The molecule has 1 aromatic carbocycles. The molecule has 0 saturated carbocycles. The van der Waals surface area contributed by atoms with Gasteiger partial charge in [0.15, 0.2) is 0 Å². The van der Waals surface area contributed by atoms with Crippen molar-refractivity contribution in [2.45, 2.75) is 38.5 Å². The van der Waals surface area contributed by atoms with Gasteiger partial charge in [-0.15, -0.1) is 11.8 Å². The van der Waals surface area contributed by atoms with Crippen LogP contribution in [0.2, 0.25) is 0 Å². The van der Waals surface area contributed by atoms with Crippen LogP contribution in [0.1, 0.15) is 32.9 Å². The van der Waals surface area contributed by atoms with E-state index in [4.69, 9.17) is 10.2 Å². The molecule has 1 atom stereocenters. The maximum absolute atomic E-state index is 12.2. The van der Waals surface area contributed by atoms with Crippen LogP contribution in [-0.2, 0) is 10.5 Å². The third-order valence-corrected chi connectivity index (χ3v) is 4.77. The highest BCUT2D eigenvalue weighted by Gasteiger charge is 2.25. The van der Waals surface area contributed by atoms with Crippen molar-refractivity contribution in [3.05, 3.63) is 42.3 Å². The van der Waals surface area contributed by atoms with Crippen LogP contribution in [0, 0.1) is 5.92 Å². The molecular formula is C19H27N3O2S. The summed E-state index contributed by atoms with van der Waals surface area (Å²) in [6, 6.07) is 9.77. The van der Waals surface area contributed by atoms with Crippen LogP contribution in [0.25, 0.3) is 11.5 Å². The summed E-state index contributed by atoms with van der Waals surface area (Å²) in [4.78, 5) is 16.7. The zero-order valence-corrected chi connectivity index (χ0v) is 15.9. The summed E-state index contributed by atoms with van der Waals surface area (Å²) < 4.78 is 5.51. The van der Waals surface area contributed by atoms with E-state index in [9.17, 15) is 4.79 Å². The number of carbonyl (C=O) groups is 1. The van der Waals surface area contributed by atoms with Gasteiger partial charge in [0.05, 0.1) is 11.4 Å². The Balaban J connectivity index is 1.81. The van der Waals surface area contributed by atoms with Crippen LogP contribution < -0.4 is 11.1 Å². The Labute approximate surface area is 153 Å².